The molecule has 0 saturated heterocycles. The van der Waals surface area contributed by atoms with E-state index < -0.39 is 0 Å². The summed E-state index contributed by atoms with van der Waals surface area (Å²) in [6.45, 7) is 9.80. The fourth-order valence-corrected chi connectivity index (χ4v) is 2.08. The summed E-state index contributed by atoms with van der Waals surface area (Å²) in [6, 6.07) is 0.656. The van der Waals surface area contributed by atoms with E-state index in [1.807, 2.05) is 0 Å². The van der Waals surface area contributed by atoms with Crippen LogP contribution in [-0.4, -0.2) is 41.3 Å². The minimum atomic E-state index is 0.0916. The SMILES string of the molecule is CCCC(N)C(CO)N(CCC)C(C)C. The number of rotatable bonds is 8. The van der Waals surface area contributed by atoms with Gasteiger partial charge in [0.2, 0.25) is 0 Å². The molecule has 0 bridgehead atoms. The first kappa shape index (κ1) is 14.9. The molecule has 0 saturated carbocycles. The molecule has 0 aromatic rings. The van der Waals surface area contributed by atoms with E-state index in [1.165, 1.54) is 0 Å². The molecule has 0 spiro atoms. The maximum absolute atomic E-state index is 9.45. The standard InChI is InChI=1S/C12H28N2O/c1-5-7-11(13)12(9-15)14(8-6-2)10(3)4/h10-12,15H,5-9,13H2,1-4H3. The average molecular weight is 216 g/mol. The van der Waals surface area contributed by atoms with Crippen LogP contribution in [0.3, 0.4) is 0 Å². The van der Waals surface area contributed by atoms with Crippen LogP contribution in [-0.2, 0) is 0 Å². The van der Waals surface area contributed by atoms with Crippen molar-refractivity contribution in [3.05, 3.63) is 0 Å². The van der Waals surface area contributed by atoms with Crippen LogP contribution in [0.4, 0.5) is 0 Å². The number of aliphatic hydroxyl groups is 1. The molecule has 0 aliphatic heterocycles. The van der Waals surface area contributed by atoms with Crippen LogP contribution in [0.15, 0.2) is 0 Å². The summed E-state index contributed by atoms with van der Waals surface area (Å²) in [5.74, 6) is 0. The van der Waals surface area contributed by atoms with Gasteiger partial charge in [-0.25, -0.2) is 0 Å². The molecule has 0 radical (unpaired) electrons. The van der Waals surface area contributed by atoms with Crippen molar-refractivity contribution in [3.8, 4) is 0 Å². The largest absolute Gasteiger partial charge is 0.395 e. The highest BCUT2D eigenvalue weighted by Crippen LogP contribution is 2.12. The molecule has 2 atom stereocenters. The Morgan fingerprint density at radius 2 is 1.80 bits per heavy atom. The normalized spacial score (nSPS) is 16.0. The van der Waals surface area contributed by atoms with Crippen molar-refractivity contribution in [3.63, 3.8) is 0 Å². The predicted octanol–water partition coefficient (Wildman–Crippen LogP) is 1.60. The Hall–Kier alpha value is -0.120. The first-order valence-corrected chi connectivity index (χ1v) is 6.20. The minimum Gasteiger partial charge on any atom is -0.395 e. The van der Waals surface area contributed by atoms with Crippen molar-refractivity contribution in [1.29, 1.82) is 0 Å². The lowest BCUT2D eigenvalue weighted by Gasteiger charge is -2.37. The second kappa shape index (κ2) is 8.08. The predicted molar refractivity (Wildman–Crippen MR) is 65.9 cm³/mol. The zero-order valence-corrected chi connectivity index (χ0v) is 10.7. The number of hydrogen-bond acceptors (Lipinski definition) is 3. The molecule has 0 aliphatic rings. The van der Waals surface area contributed by atoms with E-state index in [0.717, 1.165) is 25.8 Å². The lowest BCUT2D eigenvalue weighted by atomic mass is 10.0. The third-order valence-corrected chi connectivity index (χ3v) is 2.87. The zero-order valence-electron chi connectivity index (χ0n) is 10.7. The molecule has 0 heterocycles. The van der Waals surface area contributed by atoms with Gasteiger partial charge in [-0.15, -0.1) is 0 Å². The van der Waals surface area contributed by atoms with E-state index in [9.17, 15) is 5.11 Å². The Labute approximate surface area is 94.6 Å². The molecule has 92 valence electrons. The van der Waals surface area contributed by atoms with Crippen molar-refractivity contribution < 1.29 is 5.11 Å². The maximum atomic E-state index is 9.45. The van der Waals surface area contributed by atoms with Crippen molar-refractivity contribution in [1.82, 2.24) is 4.90 Å². The molecule has 0 fully saturated rings. The molecular formula is C12H28N2O. The summed E-state index contributed by atoms with van der Waals surface area (Å²) in [5.41, 5.74) is 6.11. The molecule has 0 aromatic carbocycles. The molecule has 0 aromatic heterocycles. The van der Waals surface area contributed by atoms with E-state index in [0.29, 0.717) is 6.04 Å². The van der Waals surface area contributed by atoms with Crippen LogP contribution < -0.4 is 5.73 Å². The first-order chi connectivity index (χ1) is 7.08. The fourth-order valence-electron chi connectivity index (χ4n) is 2.08. The minimum absolute atomic E-state index is 0.0916. The highest BCUT2D eigenvalue weighted by molar-refractivity contribution is 4.83. The second-order valence-corrected chi connectivity index (χ2v) is 4.53. The lowest BCUT2D eigenvalue weighted by Crippen LogP contribution is -2.52. The Bertz CT molecular complexity index is 151. The Kier molecular flexibility index (Phi) is 8.02. The summed E-state index contributed by atoms with van der Waals surface area (Å²) >= 11 is 0. The highest BCUT2D eigenvalue weighted by Gasteiger charge is 2.24. The van der Waals surface area contributed by atoms with Gasteiger partial charge in [0.05, 0.1) is 6.61 Å². The maximum Gasteiger partial charge on any atom is 0.0602 e. The summed E-state index contributed by atoms with van der Waals surface area (Å²) in [6.07, 6.45) is 3.17. The zero-order chi connectivity index (χ0) is 11.8. The topological polar surface area (TPSA) is 49.5 Å². The third kappa shape index (κ3) is 4.96. The molecular weight excluding hydrogens is 188 g/mol. The van der Waals surface area contributed by atoms with E-state index >= 15 is 0 Å². The van der Waals surface area contributed by atoms with Crippen LogP contribution >= 0.6 is 0 Å². The third-order valence-electron chi connectivity index (χ3n) is 2.87. The van der Waals surface area contributed by atoms with Crippen LogP contribution in [0.1, 0.15) is 47.0 Å². The summed E-state index contributed by atoms with van der Waals surface area (Å²) < 4.78 is 0. The molecule has 3 nitrogen and oxygen atoms in total. The number of hydrogen-bond donors (Lipinski definition) is 2. The Morgan fingerprint density at radius 1 is 1.20 bits per heavy atom. The summed E-state index contributed by atoms with van der Waals surface area (Å²) in [4.78, 5) is 2.32. The van der Waals surface area contributed by atoms with Gasteiger partial charge in [0, 0.05) is 18.1 Å². The molecule has 2 unspecified atom stereocenters. The molecule has 0 aliphatic carbocycles. The number of aliphatic hydroxyl groups excluding tert-OH is 1. The van der Waals surface area contributed by atoms with E-state index in [1.54, 1.807) is 0 Å². The average Bonchev–Trinajstić information content (AvgIpc) is 2.18. The molecule has 0 rings (SSSR count). The van der Waals surface area contributed by atoms with Gasteiger partial charge in [0.25, 0.3) is 0 Å². The van der Waals surface area contributed by atoms with Crippen LogP contribution in [0.5, 0.6) is 0 Å². The Balaban J connectivity index is 4.42. The monoisotopic (exact) mass is 216 g/mol. The number of nitrogens with zero attached hydrogens (tertiary/aromatic N) is 1. The van der Waals surface area contributed by atoms with Crippen LogP contribution in [0, 0.1) is 0 Å². The van der Waals surface area contributed by atoms with Crippen molar-refractivity contribution in [2.75, 3.05) is 13.2 Å². The van der Waals surface area contributed by atoms with Crippen LogP contribution in [0.25, 0.3) is 0 Å². The lowest BCUT2D eigenvalue weighted by molar-refractivity contribution is 0.0762. The Morgan fingerprint density at radius 3 is 2.13 bits per heavy atom. The van der Waals surface area contributed by atoms with E-state index in [-0.39, 0.29) is 18.7 Å². The van der Waals surface area contributed by atoms with Gasteiger partial charge in [0.15, 0.2) is 0 Å². The smallest absolute Gasteiger partial charge is 0.0602 e. The van der Waals surface area contributed by atoms with Gasteiger partial charge in [-0.2, -0.15) is 0 Å². The van der Waals surface area contributed by atoms with Gasteiger partial charge >= 0.3 is 0 Å². The quantitative estimate of drug-likeness (QED) is 0.648. The van der Waals surface area contributed by atoms with E-state index in [4.69, 9.17) is 5.73 Å². The molecule has 15 heavy (non-hydrogen) atoms. The van der Waals surface area contributed by atoms with Crippen LogP contribution in [0.2, 0.25) is 0 Å². The number of nitrogens with two attached hydrogens (primary N) is 1. The van der Waals surface area contributed by atoms with E-state index in [2.05, 4.69) is 32.6 Å². The highest BCUT2D eigenvalue weighted by atomic mass is 16.3. The molecule has 3 N–H and O–H groups in total. The van der Waals surface area contributed by atoms with Crippen molar-refractivity contribution in [2.45, 2.75) is 65.1 Å². The van der Waals surface area contributed by atoms with Gasteiger partial charge in [-0.05, 0) is 33.2 Å². The van der Waals surface area contributed by atoms with Crippen molar-refractivity contribution >= 4 is 0 Å². The summed E-state index contributed by atoms with van der Waals surface area (Å²) in [7, 11) is 0. The van der Waals surface area contributed by atoms with Gasteiger partial charge in [-0.1, -0.05) is 20.3 Å². The second-order valence-electron chi connectivity index (χ2n) is 4.53. The van der Waals surface area contributed by atoms with Crippen molar-refractivity contribution in [2.24, 2.45) is 5.73 Å². The van der Waals surface area contributed by atoms with Gasteiger partial charge in [-0.3, -0.25) is 4.90 Å². The molecule has 3 heteroatoms. The fraction of sp³-hybridized carbons (Fsp3) is 1.00. The summed E-state index contributed by atoms with van der Waals surface area (Å²) in [5, 5.41) is 9.45. The van der Waals surface area contributed by atoms with Gasteiger partial charge < -0.3 is 10.8 Å². The molecule has 0 amide bonds. The van der Waals surface area contributed by atoms with Gasteiger partial charge in [0.1, 0.15) is 0 Å². The first-order valence-electron chi connectivity index (χ1n) is 6.20.